The summed E-state index contributed by atoms with van der Waals surface area (Å²) in [5.41, 5.74) is 1.18. The third kappa shape index (κ3) is 4.40. The molecule has 1 rings (SSSR count). The van der Waals surface area contributed by atoms with E-state index in [1.54, 1.807) is 0 Å². The van der Waals surface area contributed by atoms with Crippen molar-refractivity contribution in [3.63, 3.8) is 0 Å². The second-order valence-electron chi connectivity index (χ2n) is 3.39. The molecule has 1 aromatic rings. The largest absolute Gasteiger partial charge is 0.393 e. The Hall–Kier alpha value is -0.860. The topological polar surface area (TPSA) is 29.5 Å². The third-order valence-corrected chi connectivity index (χ3v) is 2.18. The molecule has 0 aromatic heterocycles. The van der Waals surface area contributed by atoms with Crippen LogP contribution in [0.3, 0.4) is 0 Å². The monoisotopic (exact) mass is 194 g/mol. The zero-order valence-electron chi connectivity index (χ0n) is 8.65. The first-order chi connectivity index (χ1) is 6.83. The lowest BCUT2D eigenvalue weighted by molar-refractivity contribution is 0.0720. The summed E-state index contributed by atoms with van der Waals surface area (Å²) >= 11 is 0. The van der Waals surface area contributed by atoms with Gasteiger partial charge < -0.3 is 9.84 Å². The molecule has 0 saturated heterocycles. The molecule has 0 spiro atoms. The Balaban J connectivity index is 2.10. The van der Waals surface area contributed by atoms with Crippen molar-refractivity contribution in [3.8, 4) is 0 Å². The summed E-state index contributed by atoms with van der Waals surface area (Å²) in [4.78, 5) is 0. The molecular weight excluding hydrogens is 176 g/mol. The number of hydrogen-bond acceptors (Lipinski definition) is 2. The molecule has 0 aliphatic rings. The van der Waals surface area contributed by atoms with Gasteiger partial charge in [0.15, 0.2) is 0 Å². The van der Waals surface area contributed by atoms with Gasteiger partial charge in [-0.05, 0) is 18.4 Å². The number of hydrogen-bond donors (Lipinski definition) is 1. The van der Waals surface area contributed by atoms with E-state index in [4.69, 9.17) is 4.74 Å². The molecule has 0 aliphatic carbocycles. The van der Waals surface area contributed by atoms with Gasteiger partial charge in [0.05, 0.1) is 12.7 Å². The van der Waals surface area contributed by atoms with Gasteiger partial charge in [-0.1, -0.05) is 37.3 Å². The van der Waals surface area contributed by atoms with Crippen LogP contribution in [0, 0.1) is 0 Å². The minimum Gasteiger partial charge on any atom is -0.393 e. The fourth-order valence-electron chi connectivity index (χ4n) is 1.19. The van der Waals surface area contributed by atoms with Crippen LogP contribution in [0.25, 0.3) is 0 Å². The fourth-order valence-corrected chi connectivity index (χ4v) is 1.19. The highest BCUT2D eigenvalue weighted by Crippen LogP contribution is 2.02. The predicted molar refractivity (Wildman–Crippen MR) is 57.0 cm³/mol. The van der Waals surface area contributed by atoms with Crippen molar-refractivity contribution in [2.75, 3.05) is 6.61 Å². The Morgan fingerprint density at radius 2 is 2.00 bits per heavy atom. The SMILES string of the molecule is CC[C@@H](O)CCOCc1ccccc1. The number of rotatable bonds is 6. The second-order valence-corrected chi connectivity index (χ2v) is 3.39. The van der Waals surface area contributed by atoms with Gasteiger partial charge in [-0.3, -0.25) is 0 Å². The minimum atomic E-state index is -0.217. The van der Waals surface area contributed by atoms with Crippen molar-refractivity contribution in [2.45, 2.75) is 32.5 Å². The predicted octanol–water partition coefficient (Wildman–Crippen LogP) is 2.36. The van der Waals surface area contributed by atoms with Crippen LogP contribution in [0.2, 0.25) is 0 Å². The van der Waals surface area contributed by atoms with Crippen molar-refractivity contribution < 1.29 is 9.84 Å². The molecule has 0 amide bonds. The van der Waals surface area contributed by atoms with Crippen molar-refractivity contribution in [2.24, 2.45) is 0 Å². The summed E-state index contributed by atoms with van der Waals surface area (Å²) in [6.07, 6.45) is 1.31. The quantitative estimate of drug-likeness (QED) is 0.704. The maximum absolute atomic E-state index is 9.28. The highest BCUT2D eigenvalue weighted by atomic mass is 16.5. The molecule has 0 aliphatic heterocycles. The first kappa shape index (κ1) is 11.2. The average molecular weight is 194 g/mol. The van der Waals surface area contributed by atoms with Crippen LogP contribution in [0.4, 0.5) is 0 Å². The molecule has 0 fully saturated rings. The molecule has 2 heteroatoms. The molecule has 0 bridgehead atoms. The summed E-state index contributed by atoms with van der Waals surface area (Å²) < 4.78 is 5.43. The molecule has 2 nitrogen and oxygen atoms in total. The number of benzene rings is 1. The molecule has 0 unspecified atom stereocenters. The molecule has 1 atom stereocenters. The van der Waals surface area contributed by atoms with E-state index in [2.05, 4.69) is 0 Å². The Morgan fingerprint density at radius 3 is 2.64 bits per heavy atom. The Labute approximate surface area is 85.5 Å². The van der Waals surface area contributed by atoms with Crippen LogP contribution >= 0.6 is 0 Å². The Bertz CT molecular complexity index is 233. The maximum atomic E-state index is 9.28. The van der Waals surface area contributed by atoms with Crippen LogP contribution in [-0.4, -0.2) is 17.8 Å². The zero-order valence-corrected chi connectivity index (χ0v) is 8.65. The van der Waals surface area contributed by atoms with Crippen molar-refractivity contribution in [1.82, 2.24) is 0 Å². The average Bonchev–Trinajstić information content (AvgIpc) is 2.25. The molecule has 1 aromatic carbocycles. The van der Waals surface area contributed by atoms with Crippen LogP contribution in [0.1, 0.15) is 25.3 Å². The first-order valence-electron chi connectivity index (χ1n) is 5.12. The van der Waals surface area contributed by atoms with Crippen molar-refractivity contribution >= 4 is 0 Å². The number of aliphatic hydroxyl groups excluding tert-OH is 1. The van der Waals surface area contributed by atoms with E-state index in [9.17, 15) is 5.11 Å². The smallest absolute Gasteiger partial charge is 0.0716 e. The van der Waals surface area contributed by atoms with E-state index >= 15 is 0 Å². The van der Waals surface area contributed by atoms with Gasteiger partial charge in [-0.2, -0.15) is 0 Å². The summed E-state index contributed by atoms with van der Waals surface area (Å²) in [5.74, 6) is 0. The highest BCUT2D eigenvalue weighted by molar-refractivity contribution is 5.13. The van der Waals surface area contributed by atoms with E-state index < -0.39 is 0 Å². The number of ether oxygens (including phenoxy) is 1. The summed E-state index contributed by atoms with van der Waals surface area (Å²) in [6, 6.07) is 10.1. The first-order valence-corrected chi connectivity index (χ1v) is 5.12. The van der Waals surface area contributed by atoms with Gasteiger partial charge in [-0.15, -0.1) is 0 Å². The Kier molecular flexibility index (Phi) is 5.27. The Morgan fingerprint density at radius 1 is 1.29 bits per heavy atom. The van der Waals surface area contributed by atoms with Crippen molar-refractivity contribution in [3.05, 3.63) is 35.9 Å². The summed E-state index contributed by atoms with van der Waals surface area (Å²) in [7, 11) is 0. The second kappa shape index (κ2) is 6.57. The van der Waals surface area contributed by atoms with Crippen LogP contribution in [0.5, 0.6) is 0 Å². The maximum Gasteiger partial charge on any atom is 0.0716 e. The highest BCUT2D eigenvalue weighted by Gasteiger charge is 1.99. The van der Waals surface area contributed by atoms with Crippen molar-refractivity contribution in [1.29, 1.82) is 0 Å². The summed E-state index contributed by atoms with van der Waals surface area (Å²) in [6.45, 7) is 3.24. The van der Waals surface area contributed by atoms with Crippen LogP contribution < -0.4 is 0 Å². The van der Waals surface area contributed by atoms with E-state index in [1.807, 2.05) is 37.3 Å². The van der Waals surface area contributed by atoms with Gasteiger partial charge in [-0.25, -0.2) is 0 Å². The zero-order chi connectivity index (χ0) is 10.2. The van der Waals surface area contributed by atoms with E-state index in [0.717, 1.165) is 12.8 Å². The summed E-state index contributed by atoms with van der Waals surface area (Å²) in [5, 5.41) is 9.28. The van der Waals surface area contributed by atoms with Gasteiger partial charge in [0.1, 0.15) is 0 Å². The third-order valence-electron chi connectivity index (χ3n) is 2.18. The van der Waals surface area contributed by atoms with E-state index in [-0.39, 0.29) is 6.10 Å². The lowest BCUT2D eigenvalue weighted by Gasteiger charge is -2.07. The molecule has 0 radical (unpaired) electrons. The van der Waals surface area contributed by atoms with Crippen LogP contribution in [0.15, 0.2) is 30.3 Å². The van der Waals surface area contributed by atoms with Gasteiger partial charge in [0.2, 0.25) is 0 Å². The molecule has 0 saturated carbocycles. The van der Waals surface area contributed by atoms with E-state index in [1.165, 1.54) is 5.56 Å². The number of aliphatic hydroxyl groups is 1. The normalized spacial score (nSPS) is 12.7. The lowest BCUT2D eigenvalue weighted by atomic mass is 10.2. The van der Waals surface area contributed by atoms with Gasteiger partial charge in [0.25, 0.3) is 0 Å². The lowest BCUT2D eigenvalue weighted by Crippen LogP contribution is -2.08. The van der Waals surface area contributed by atoms with Gasteiger partial charge >= 0.3 is 0 Å². The molecule has 1 N–H and O–H groups in total. The molecule has 0 heterocycles. The van der Waals surface area contributed by atoms with Gasteiger partial charge in [0, 0.05) is 6.61 Å². The molecule has 14 heavy (non-hydrogen) atoms. The molecule has 78 valence electrons. The van der Waals surface area contributed by atoms with E-state index in [0.29, 0.717) is 13.2 Å². The minimum absolute atomic E-state index is 0.217. The fraction of sp³-hybridized carbons (Fsp3) is 0.500. The van der Waals surface area contributed by atoms with Crippen LogP contribution in [-0.2, 0) is 11.3 Å². The molecular formula is C12H18O2. The standard InChI is InChI=1S/C12H18O2/c1-2-12(13)8-9-14-10-11-6-4-3-5-7-11/h3-7,12-13H,2,8-10H2,1H3/t12-/m1/s1.